The SMILES string of the molecule is CCOc1cccc(/C(O)=C2/C(=O)C(=O)N(c3ccccc3O)C2c2sccc2C)c1. The van der Waals surface area contributed by atoms with E-state index in [2.05, 4.69) is 0 Å². The summed E-state index contributed by atoms with van der Waals surface area (Å²) in [5.74, 6) is -1.47. The molecule has 1 fully saturated rings. The van der Waals surface area contributed by atoms with Crippen LogP contribution in [-0.2, 0) is 9.59 Å². The first-order chi connectivity index (χ1) is 14.9. The molecule has 0 aliphatic carbocycles. The summed E-state index contributed by atoms with van der Waals surface area (Å²) < 4.78 is 5.50. The number of aromatic hydroxyl groups is 1. The van der Waals surface area contributed by atoms with Crippen LogP contribution >= 0.6 is 11.3 Å². The molecular weight excluding hydrogens is 414 g/mol. The lowest BCUT2D eigenvalue weighted by atomic mass is 9.98. The molecule has 3 aromatic rings. The number of para-hydroxylation sites is 2. The van der Waals surface area contributed by atoms with Gasteiger partial charge in [-0.25, -0.2) is 0 Å². The maximum atomic E-state index is 13.1. The molecule has 1 unspecified atom stereocenters. The van der Waals surface area contributed by atoms with Gasteiger partial charge in [-0.3, -0.25) is 14.5 Å². The number of hydrogen-bond donors (Lipinski definition) is 2. The van der Waals surface area contributed by atoms with Gasteiger partial charge in [-0.05, 0) is 55.1 Å². The molecule has 4 rings (SSSR count). The van der Waals surface area contributed by atoms with E-state index < -0.39 is 17.7 Å². The van der Waals surface area contributed by atoms with Crippen LogP contribution in [-0.4, -0.2) is 28.5 Å². The molecule has 0 spiro atoms. The Hall–Kier alpha value is -3.58. The van der Waals surface area contributed by atoms with Crippen molar-refractivity contribution < 1.29 is 24.5 Å². The fraction of sp³-hybridized carbons (Fsp3) is 0.167. The average Bonchev–Trinajstić information content (AvgIpc) is 3.29. The molecule has 1 aromatic heterocycles. The Balaban J connectivity index is 1.94. The molecule has 7 heteroatoms. The zero-order chi connectivity index (χ0) is 22.1. The Morgan fingerprint density at radius 1 is 1.13 bits per heavy atom. The Labute approximate surface area is 183 Å². The minimum atomic E-state index is -0.857. The lowest BCUT2D eigenvalue weighted by Crippen LogP contribution is -2.29. The Bertz CT molecular complexity index is 1200. The van der Waals surface area contributed by atoms with Crippen LogP contribution in [0.15, 0.2) is 65.6 Å². The third-order valence-electron chi connectivity index (χ3n) is 5.15. The molecule has 0 radical (unpaired) electrons. The molecule has 1 amide bonds. The monoisotopic (exact) mass is 435 g/mol. The van der Waals surface area contributed by atoms with Gasteiger partial charge in [0.05, 0.1) is 17.9 Å². The first-order valence-electron chi connectivity index (χ1n) is 9.80. The number of amides is 1. The highest BCUT2D eigenvalue weighted by Gasteiger charge is 2.48. The third-order valence-corrected chi connectivity index (χ3v) is 6.23. The van der Waals surface area contributed by atoms with Crippen LogP contribution in [0.1, 0.15) is 29.0 Å². The Kier molecular flexibility index (Phi) is 5.52. The van der Waals surface area contributed by atoms with Crippen molar-refractivity contribution in [2.24, 2.45) is 0 Å². The molecule has 6 nitrogen and oxygen atoms in total. The second-order valence-electron chi connectivity index (χ2n) is 7.09. The smallest absolute Gasteiger partial charge is 0.300 e. The molecule has 1 aliphatic heterocycles. The van der Waals surface area contributed by atoms with Crippen LogP contribution in [0.25, 0.3) is 5.76 Å². The number of aliphatic hydroxyl groups is 1. The van der Waals surface area contributed by atoms with E-state index in [9.17, 15) is 19.8 Å². The minimum absolute atomic E-state index is 0.0209. The molecule has 0 bridgehead atoms. The predicted molar refractivity (Wildman–Crippen MR) is 120 cm³/mol. The molecule has 1 atom stereocenters. The van der Waals surface area contributed by atoms with Gasteiger partial charge in [0.1, 0.15) is 23.3 Å². The number of carbonyl (C=O) groups is 2. The highest BCUT2D eigenvalue weighted by molar-refractivity contribution is 7.10. The molecular formula is C24H21NO5S. The summed E-state index contributed by atoms with van der Waals surface area (Å²) in [5.41, 5.74) is 1.45. The van der Waals surface area contributed by atoms with Gasteiger partial charge in [0.15, 0.2) is 0 Å². The first-order valence-corrected chi connectivity index (χ1v) is 10.7. The van der Waals surface area contributed by atoms with E-state index in [0.717, 1.165) is 10.4 Å². The highest BCUT2D eigenvalue weighted by Crippen LogP contribution is 2.46. The van der Waals surface area contributed by atoms with Crippen LogP contribution in [0, 0.1) is 6.92 Å². The summed E-state index contributed by atoms with van der Waals surface area (Å²) in [6.45, 7) is 4.19. The third kappa shape index (κ3) is 3.57. The van der Waals surface area contributed by atoms with E-state index in [-0.39, 0.29) is 22.8 Å². The van der Waals surface area contributed by atoms with Crippen molar-refractivity contribution in [1.82, 2.24) is 0 Å². The van der Waals surface area contributed by atoms with E-state index in [1.807, 2.05) is 25.3 Å². The topological polar surface area (TPSA) is 87.1 Å². The van der Waals surface area contributed by atoms with Crippen molar-refractivity contribution in [3.63, 3.8) is 0 Å². The lowest BCUT2D eigenvalue weighted by Gasteiger charge is -2.25. The average molecular weight is 436 g/mol. The molecule has 158 valence electrons. The standard InChI is InChI=1S/C24H21NO5S/c1-3-30-16-8-6-7-15(13-16)21(27)19-20(23-14(2)11-12-31-23)25(24(29)22(19)28)17-9-4-5-10-18(17)26/h4-13,20,26-27H,3H2,1-2H3/b21-19-. The van der Waals surface area contributed by atoms with Crippen molar-refractivity contribution in [3.05, 3.63) is 81.6 Å². The number of thiophene rings is 1. The molecule has 2 heterocycles. The number of ketones is 1. The summed E-state index contributed by atoms with van der Waals surface area (Å²) >= 11 is 1.39. The van der Waals surface area contributed by atoms with Gasteiger partial charge in [-0.1, -0.05) is 24.3 Å². The summed E-state index contributed by atoms with van der Waals surface area (Å²) in [6.07, 6.45) is 0. The molecule has 2 N–H and O–H groups in total. The fourth-order valence-electron chi connectivity index (χ4n) is 3.72. The van der Waals surface area contributed by atoms with E-state index >= 15 is 0 Å². The summed E-state index contributed by atoms with van der Waals surface area (Å²) in [7, 11) is 0. The van der Waals surface area contributed by atoms with Gasteiger partial charge in [-0.15, -0.1) is 11.3 Å². The van der Waals surface area contributed by atoms with Crippen molar-refractivity contribution in [2.75, 3.05) is 11.5 Å². The van der Waals surface area contributed by atoms with Crippen molar-refractivity contribution in [3.8, 4) is 11.5 Å². The molecule has 0 saturated carbocycles. The molecule has 31 heavy (non-hydrogen) atoms. The van der Waals surface area contributed by atoms with Crippen LogP contribution in [0.5, 0.6) is 11.5 Å². The van der Waals surface area contributed by atoms with Gasteiger partial charge >= 0.3 is 0 Å². The predicted octanol–water partition coefficient (Wildman–Crippen LogP) is 4.79. The number of phenolic OH excluding ortho intramolecular Hbond substituents is 1. The Morgan fingerprint density at radius 3 is 2.58 bits per heavy atom. The van der Waals surface area contributed by atoms with Gasteiger partial charge in [0, 0.05) is 10.4 Å². The number of aryl methyl sites for hydroxylation is 1. The number of rotatable bonds is 5. The van der Waals surface area contributed by atoms with Crippen molar-refractivity contribution in [2.45, 2.75) is 19.9 Å². The van der Waals surface area contributed by atoms with Crippen LogP contribution in [0.2, 0.25) is 0 Å². The number of benzene rings is 2. The summed E-state index contributed by atoms with van der Waals surface area (Å²) in [5, 5.41) is 23.4. The van der Waals surface area contributed by atoms with Crippen molar-refractivity contribution in [1.29, 1.82) is 0 Å². The minimum Gasteiger partial charge on any atom is -0.507 e. The fourth-order valence-corrected chi connectivity index (χ4v) is 4.74. The van der Waals surface area contributed by atoms with E-state index in [0.29, 0.717) is 17.9 Å². The second-order valence-corrected chi connectivity index (χ2v) is 8.03. The maximum absolute atomic E-state index is 13.1. The lowest BCUT2D eigenvalue weighted by molar-refractivity contribution is -0.132. The number of anilines is 1. The van der Waals surface area contributed by atoms with Crippen LogP contribution < -0.4 is 9.64 Å². The number of aliphatic hydroxyl groups excluding tert-OH is 1. The largest absolute Gasteiger partial charge is 0.507 e. The van der Waals surface area contributed by atoms with Gasteiger partial charge in [0.25, 0.3) is 11.7 Å². The molecule has 1 saturated heterocycles. The van der Waals surface area contributed by atoms with E-state index in [4.69, 9.17) is 4.74 Å². The molecule has 2 aromatic carbocycles. The number of phenols is 1. The number of nitrogens with zero attached hydrogens (tertiary/aromatic N) is 1. The quantitative estimate of drug-likeness (QED) is 0.342. The second kappa shape index (κ2) is 8.28. The summed E-state index contributed by atoms with van der Waals surface area (Å²) in [6, 6.07) is 14.1. The van der Waals surface area contributed by atoms with Crippen LogP contribution in [0.4, 0.5) is 5.69 Å². The number of Topliss-reactive ketones (excluding diaryl/α,β-unsaturated/α-hetero) is 1. The van der Waals surface area contributed by atoms with Gasteiger partial charge in [0.2, 0.25) is 0 Å². The zero-order valence-electron chi connectivity index (χ0n) is 17.0. The number of ether oxygens (including phenoxy) is 1. The Morgan fingerprint density at radius 2 is 1.90 bits per heavy atom. The summed E-state index contributed by atoms with van der Waals surface area (Å²) in [4.78, 5) is 28.2. The number of hydrogen-bond acceptors (Lipinski definition) is 6. The number of carbonyl (C=O) groups excluding carboxylic acids is 2. The van der Waals surface area contributed by atoms with E-state index in [1.165, 1.54) is 22.3 Å². The van der Waals surface area contributed by atoms with E-state index in [1.54, 1.807) is 42.5 Å². The first kappa shape index (κ1) is 20.7. The molecule has 1 aliphatic rings. The van der Waals surface area contributed by atoms with Crippen LogP contribution in [0.3, 0.4) is 0 Å². The highest BCUT2D eigenvalue weighted by atomic mass is 32.1. The van der Waals surface area contributed by atoms with Gasteiger partial charge in [-0.2, -0.15) is 0 Å². The van der Waals surface area contributed by atoms with Gasteiger partial charge < -0.3 is 14.9 Å². The van der Waals surface area contributed by atoms with Crippen molar-refractivity contribution >= 4 is 34.5 Å². The maximum Gasteiger partial charge on any atom is 0.300 e. The zero-order valence-corrected chi connectivity index (χ0v) is 17.8. The normalized spacial score (nSPS) is 17.9.